The molecule has 180 valence electrons. The summed E-state index contributed by atoms with van der Waals surface area (Å²) in [6.07, 6.45) is 12.7. The van der Waals surface area contributed by atoms with Crippen molar-refractivity contribution in [1.82, 2.24) is 15.2 Å². The van der Waals surface area contributed by atoms with Crippen LogP contribution >= 0.6 is 0 Å². The number of hydrogen-bond acceptors (Lipinski definition) is 6. The summed E-state index contributed by atoms with van der Waals surface area (Å²) in [7, 11) is 0. The first-order valence-corrected chi connectivity index (χ1v) is 12.0. The second-order valence-electron chi connectivity index (χ2n) is 9.30. The van der Waals surface area contributed by atoms with E-state index in [1.807, 2.05) is 39.0 Å². The van der Waals surface area contributed by atoms with Gasteiger partial charge in [-0.15, -0.1) is 0 Å². The predicted octanol–water partition coefficient (Wildman–Crippen LogP) is 3.87. The third-order valence-electron chi connectivity index (χ3n) is 7.09. The van der Waals surface area contributed by atoms with Gasteiger partial charge in [0, 0.05) is 36.3 Å². The molecule has 34 heavy (non-hydrogen) atoms. The maximum atomic E-state index is 13.4. The van der Waals surface area contributed by atoms with E-state index in [0.29, 0.717) is 24.4 Å². The van der Waals surface area contributed by atoms with E-state index in [0.717, 1.165) is 24.0 Å². The van der Waals surface area contributed by atoms with E-state index in [-0.39, 0.29) is 29.8 Å². The summed E-state index contributed by atoms with van der Waals surface area (Å²) in [6.45, 7) is 7.94. The number of hydrogen-bond donors (Lipinski definition) is 2. The largest absolute Gasteiger partial charge is 0.474 e. The molecular weight excluding hydrogens is 430 g/mol. The Bertz CT molecular complexity index is 1080. The topological polar surface area (TPSA) is 108 Å². The van der Waals surface area contributed by atoms with Crippen LogP contribution in [0.25, 0.3) is 0 Å². The van der Waals surface area contributed by atoms with E-state index in [9.17, 15) is 9.59 Å². The zero-order chi connectivity index (χ0) is 24.5. The molecule has 1 saturated heterocycles. The van der Waals surface area contributed by atoms with Crippen LogP contribution in [0.4, 0.5) is 0 Å². The van der Waals surface area contributed by atoms with Crippen LogP contribution in [0.5, 0.6) is 5.88 Å². The van der Waals surface area contributed by atoms with Crippen LogP contribution in [0.1, 0.15) is 63.6 Å². The van der Waals surface area contributed by atoms with E-state index < -0.39 is 11.3 Å². The van der Waals surface area contributed by atoms with Crippen molar-refractivity contribution in [3.05, 3.63) is 47.3 Å². The molecular formula is C26H33N5O3. The first-order chi connectivity index (χ1) is 16.3. The van der Waals surface area contributed by atoms with Crippen molar-refractivity contribution in [2.75, 3.05) is 6.54 Å². The average molecular weight is 464 g/mol. The number of rotatable bonds is 8. The fourth-order valence-electron chi connectivity index (χ4n) is 4.48. The summed E-state index contributed by atoms with van der Waals surface area (Å²) in [6, 6.07) is 1.81. The number of likely N-dealkylation sites (tertiary alicyclic amines) is 1. The van der Waals surface area contributed by atoms with E-state index in [1.165, 1.54) is 12.6 Å². The van der Waals surface area contributed by atoms with Gasteiger partial charge in [-0.3, -0.25) is 20.0 Å². The quantitative estimate of drug-likeness (QED) is 0.264. The molecule has 2 aliphatic carbocycles. The van der Waals surface area contributed by atoms with E-state index in [2.05, 4.69) is 15.3 Å². The van der Waals surface area contributed by atoms with Crippen molar-refractivity contribution < 1.29 is 14.3 Å². The number of carbonyl (C=O) groups is 2. The molecule has 2 N–H and O–H groups in total. The van der Waals surface area contributed by atoms with Crippen molar-refractivity contribution >= 4 is 23.9 Å². The van der Waals surface area contributed by atoms with Gasteiger partial charge in [-0.2, -0.15) is 0 Å². The summed E-state index contributed by atoms with van der Waals surface area (Å²) < 4.78 is 5.96. The lowest BCUT2D eigenvalue weighted by Gasteiger charge is -2.28. The summed E-state index contributed by atoms with van der Waals surface area (Å²) in [5.74, 6) is -0.123. The lowest BCUT2D eigenvalue weighted by molar-refractivity contribution is -0.133. The van der Waals surface area contributed by atoms with Gasteiger partial charge in [-0.05, 0) is 58.1 Å². The Labute approximate surface area is 200 Å². The molecule has 8 heteroatoms. The highest BCUT2D eigenvalue weighted by molar-refractivity contribution is 6.09. The molecule has 2 amide bonds. The van der Waals surface area contributed by atoms with E-state index in [1.54, 1.807) is 24.2 Å². The lowest BCUT2D eigenvalue weighted by Crippen LogP contribution is -2.40. The molecule has 2 atom stereocenters. The van der Waals surface area contributed by atoms with Gasteiger partial charge in [-0.1, -0.05) is 19.1 Å². The number of aliphatic imine (C=N–C) groups is 1. The molecule has 1 aliphatic heterocycles. The molecule has 3 aliphatic rings. The minimum absolute atomic E-state index is 0.0433. The van der Waals surface area contributed by atoms with Gasteiger partial charge >= 0.3 is 0 Å². The van der Waals surface area contributed by atoms with Crippen molar-refractivity contribution in [3.63, 3.8) is 0 Å². The van der Waals surface area contributed by atoms with Crippen LogP contribution in [0.3, 0.4) is 0 Å². The molecule has 2 heterocycles. The van der Waals surface area contributed by atoms with Crippen molar-refractivity contribution in [1.29, 1.82) is 5.41 Å². The van der Waals surface area contributed by atoms with Crippen molar-refractivity contribution in [2.45, 2.75) is 65.5 Å². The highest BCUT2D eigenvalue weighted by Gasteiger charge is 2.59. The maximum absolute atomic E-state index is 13.4. The molecule has 1 aromatic rings. The number of carbonyl (C=O) groups excluding carboxylic acids is 2. The van der Waals surface area contributed by atoms with Crippen molar-refractivity contribution in [2.24, 2.45) is 16.3 Å². The van der Waals surface area contributed by atoms with Gasteiger partial charge in [0.25, 0.3) is 5.91 Å². The first kappa shape index (κ1) is 23.9. The number of aryl methyl sites for hydroxylation is 1. The molecule has 2 unspecified atom stereocenters. The Balaban J connectivity index is 1.46. The molecule has 8 nitrogen and oxygen atoms in total. The third-order valence-corrected chi connectivity index (χ3v) is 7.09. The summed E-state index contributed by atoms with van der Waals surface area (Å²) in [5, 5.41) is 11.3. The molecule has 4 rings (SSSR count). The normalized spacial score (nSPS) is 22.2. The fraction of sp³-hybridized carbons (Fsp3) is 0.500. The number of aromatic nitrogens is 1. The second-order valence-corrected chi connectivity index (χ2v) is 9.30. The lowest BCUT2D eigenvalue weighted by atomic mass is 9.88. The number of amidine groups is 1. The number of nitrogens with zero attached hydrogens (tertiary/aromatic N) is 3. The smallest absolute Gasteiger partial charge is 0.254 e. The first-order valence-electron chi connectivity index (χ1n) is 12.0. The van der Waals surface area contributed by atoms with Crippen LogP contribution < -0.4 is 10.1 Å². The van der Waals surface area contributed by atoms with Crippen LogP contribution in [0.15, 0.2) is 41.2 Å². The van der Waals surface area contributed by atoms with Crippen LogP contribution in [0.2, 0.25) is 0 Å². The van der Waals surface area contributed by atoms with Crippen molar-refractivity contribution in [3.8, 4) is 5.88 Å². The predicted molar refractivity (Wildman–Crippen MR) is 131 cm³/mol. The summed E-state index contributed by atoms with van der Waals surface area (Å²) >= 11 is 0. The molecule has 1 aromatic heterocycles. The fourth-order valence-corrected chi connectivity index (χ4v) is 4.48. The minimum Gasteiger partial charge on any atom is -0.474 e. The highest BCUT2D eigenvalue weighted by atomic mass is 16.5. The van der Waals surface area contributed by atoms with E-state index >= 15 is 0 Å². The Morgan fingerprint density at radius 2 is 2.18 bits per heavy atom. The molecule has 0 aromatic carbocycles. The van der Waals surface area contributed by atoms with Crippen LogP contribution in [-0.4, -0.2) is 46.4 Å². The zero-order valence-corrected chi connectivity index (χ0v) is 20.3. The number of amides is 2. The maximum Gasteiger partial charge on any atom is 0.254 e. The molecule has 2 fully saturated rings. The second kappa shape index (κ2) is 9.52. The molecule has 1 saturated carbocycles. The number of ether oxygens (including phenoxy) is 1. The summed E-state index contributed by atoms with van der Waals surface area (Å²) in [5.41, 5.74) is 1.55. The molecule has 0 radical (unpaired) electrons. The Morgan fingerprint density at radius 1 is 1.44 bits per heavy atom. The van der Waals surface area contributed by atoms with Gasteiger partial charge in [-0.25, -0.2) is 4.98 Å². The average Bonchev–Trinajstić information content (AvgIpc) is 3.53. The SMILES string of the molecule is CC=N/C=C(\CC)C(=O)NC(=N)C1CN(C(C)c2cnc(OC3CCC3)c(C)c2)C(=O)C12C=C2. The molecule has 0 bridgehead atoms. The monoisotopic (exact) mass is 463 g/mol. The Morgan fingerprint density at radius 3 is 2.74 bits per heavy atom. The minimum atomic E-state index is -0.813. The van der Waals surface area contributed by atoms with Gasteiger partial charge < -0.3 is 15.0 Å². The standard InChI is InChI=1S/C26H33N5O3/c1-5-18(13-28-6-2)23(32)30-22(27)21-15-31(25(33)26(21)10-11-26)17(4)19-12-16(3)24(29-14-19)34-20-8-7-9-20/h6,10-14,17,20-21H,5,7-9,15H2,1-4H3,(H2,27,30,32)/b18-13+,28-6?. The molecule has 1 spiro atoms. The number of nitrogens with one attached hydrogen (secondary N) is 2. The Hall–Kier alpha value is -3.29. The summed E-state index contributed by atoms with van der Waals surface area (Å²) in [4.78, 5) is 36.3. The van der Waals surface area contributed by atoms with Crippen LogP contribution in [-0.2, 0) is 9.59 Å². The number of pyridine rings is 1. The van der Waals surface area contributed by atoms with Gasteiger partial charge in [0.2, 0.25) is 11.8 Å². The highest BCUT2D eigenvalue weighted by Crippen LogP contribution is 2.51. The van der Waals surface area contributed by atoms with Gasteiger partial charge in [0.15, 0.2) is 0 Å². The van der Waals surface area contributed by atoms with Crippen LogP contribution in [0, 0.1) is 23.7 Å². The van der Waals surface area contributed by atoms with E-state index in [4.69, 9.17) is 10.1 Å². The zero-order valence-electron chi connectivity index (χ0n) is 20.3. The third kappa shape index (κ3) is 4.41. The Kier molecular flexibility index (Phi) is 6.68. The van der Waals surface area contributed by atoms with Gasteiger partial charge in [0.1, 0.15) is 11.9 Å². The van der Waals surface area contributed by atoms with Gasteiger partial charge in [0.05, 0.1) is 17.4 Å².